The normalized spacial score (nSPS) is 10.9. The molecule has 4 nitrogen and oxygen atoms in total. The van der Waals surface area contributed by atoms with Crippen LogP contribution in [0.1, 0.15) is 5.56 Å². The Bertz CT molecular complexity index is 1080. The molecule has 0 aliphatic carbocycles. The Morgan fingerprint density at radius 2 is 1.43 bits per heavy atom. The molecule has 3 aromatic carbocycles. The van der Waals surface area contributed by atoms with Crippen LogP contribution >= 0.6 is 15.9 Å². The van der Waals surface area contributed by atoms with Crippen molar-refractivity contribution in [3.8, 4) is 22.6 Å². The summed E-state index contributed by atoms with van der Waals surface area (Å²) in [6, 6.07) is 29.8. The fourth-order valence-corrected chi connectivity index (χ4v) is 2.97. The van der Waals surface area contributed by atoms with Crippen molar-refractivity contribution < 1.29 is 0 Å². The summed E-state index contributed by atoms with van der Waals surface area (Å²) in [7, 11) is 0. The van der Waals surface area contributed by atoms with Crippen molar-refractivity contribution in [2.45, 2.75) is 0 Å². The summed E-state index contributed by atoms with van der Waals surface area (Å²) < 4.78 is 1.02. The molecular formula is C23H17BrN4. The van der Waals surface area contributed by atoms with Gasteiger partial charge in [0.2, 0.25) is 0 Å². The first kappa shape index (κ1) is 18.1. The number of aromatic nitrogens is 2. The molecule has 0 aliphatic rings. The van der Waals surface area contributed by atoms with E-state index in [9.17, 15) is 0 Å². The van der Waals surface area contributed by atoms with E-state index in [0.29, 0.717) is 11.6 Å². The molecule has 28 heavy (non-hydrogen) atoms. The SMILES string of the molecule is Brc1ccc(-c2nc(NN=Cc3ccccc3)cc(-c3ccccc3)n2)cc1. The first-order valence-corrected chi connectivity index (χ1v) is 9.62. The number of hydrazone groups is 1. The molecule has 0 saturated heterocycles. The first-order valence-electron chi connectivity index (χ1n) is 8.82. The summed E-state index contributed by atoms with van der Waals surface area (Å²) in [6.07, 6.45) is 1.77. The zero-order valence-electron chi connectivity index (χ0n) is 15.0. The molecule has 0 radical (unpaired) electrons. The maximum Gasteiger partial charge on any atom is 0.162 e. The van der Waals surface area contributed by atoms with E-state index in [1.54, 1.807) is 6.21 Å². The molecule has 1 aromatic heterocycles. The Morgan fingerprint density at radius 3 is 2.14 bits per heavy atom. The van der Waals surface area contributed by atoms with Gasteiger partial charge in [0.05, 0.1) is 11.9 Å². The van der Waals surface area contributed by atoms with Crippen molar-refractivity contribution in [1.29, 1.82) is 0 Å². The minimum Gasteiger partial charge on any atom is -0.261 e. The number of nitrogens with zero attached hydrogens (tertiary/aromatic N) is 3. The maximum atomic E-state index is 4.75. The van der Waals surface area contributed by atoms with Gasteiger partial charge in [0.25, 0.3) is 0 Å². The number of hydrogen-bond donors (Lipinski definition) is 1. The third-order valence-corrected chi connectivity index (χ3v) is 4.62. The average molecular weight is 429 g/mol. The van der Waals surface area contributed by atoms with E-state index in [1.807, 2.05) is 91.0 Å². The van der Waals surface area contributed by atoms with E-state index >= 15 is 0 Å². The summed E-state index contributed by atoms with van der Waals surface area (Å²) >= 11 is 3.47. The molecule has 0 bridgehead atoms. The molecule has 1 N–H and O–H groups in total. The highest BCUT2D eigenvalue weighted by Crippen LogP contribution is 2.25. The van der Waals surface area contributed by atoms with E-state index in [1.165, 1.54) is 0 Å². The predicted octanol–water partition coefficient (Wildman–Crippen LogP) is 6.02. The summed E-state index contributed by atoms with van der Waals surface area (Å²) in [4.78, 5) is 9.39. The van der Waals surface area contributed by atoms with Gasteiger partial charge in [-0.15, -0.1) is 0 Å². The van der Waals surface area contributed by atoms with E-state index in [4.69, 9.17) is 4.98 Å². The Labute approximate surface area is 172 Å². The summed E-state index contributed by atoms with van der Waals surface area (Å²) in [6.45, 7) is 0. The predicted molar refractivity (Wildman–Crippen MR) is 118 cm³/mol. The van der Waals surface area contributed by atoms with Crippen LogP contribution in [0.25, 0.3) is 22.6 Å². The molecule has 0 saturated carbocycles. The van der Waals surface area contributed by atoms with E-state index in [0.717, 1.165) is 26.9 Å². The third kappa shape index (κ3) is 4.50. The van der Waals surface area contributed by atoms with Gasteiger partial charge in [-0.05, 0) is 17.7 Å². The molecule has 5 heteroatoms. The second-order valence-corrected chi connectivity index (χ2v) is 7.03. The molecular weight excluding hydrogens is 412 g/mol. The van der Waals surface area contributed by atoms with Gasteiger partial charge in [0.1, 0.15) is 0 Å². The summed E-state index contributed by atoms with van der Waals surface area (Å²) in [5.74, 6) is 1.28. The number of halogens is 1. The lowest BCUT2D eigenvalue weighted by Gasteiger charge is -2.08. The summed E-state index contributed by atoms with van der Waals surface area (Å²) in [5, 5.41) is 4.32. The molecule has 1 heterocycles. The summed E-state index contributed by atoms with van der Waals surface area (Å²) in [5.41, 5.74) is 6.85. The molecule has 136 valence electrons. The lowest BCUT2D eigenvalue weighted by molar-refractivity contribution is 1.15. The Hall–Kier alpha value is -3.31. The minimum atomic E-state index is 0.638. The van der Waals surface area contributed by atoms with Gasteiger partial charge >= 0.3 is 0 Å². The van der Waals surface area contributed by atoms with E-state index in [-0.39, 0.29) is 0 Å². The van der Waals surface area contributed by atoms with Crippen molar-refractivity contribution in [3.63, 3.8) is 0 Å². The molecule has 0 unspecified atom stereocenters. The molecule has 4 aromatic rings. The Morgan fingerprint density at radius 1 is 0.750 bits per heavy atom. The Kier molecular flexibility index (Phi) is 5.54. The molecule has 0 aliphatic heterocycles. The van der Waals surface area contributed by atoms with Crippen LogP contribution in [-0.2, 0) is 0 Å². The van der Waals surface area contributed by atoms with E-state index < -0.39 is 0 Å². The first-order chi connectivity index (χ1) is 13.8. The van der Waals surface area contributed by atoms with Crippen molar-refractivity contribution >= 4 is 28.0 Å². The van der Waals surface area contributed by atoms with Crippen LogP contribution in [0, 0.1) is 0 Å². The molecule has 0 amide bonds. The smallest absolute Gasteiger partial charge is 0.162 e. The highest BCUT2D eigenvalue weighted by Gasteiger charge is 2.08. The topological polar surface area (TPSA) is 50.2 Å². The van der Waals surface area contributed by atoms with Crippen LogP contribution in [-0.4, -0.2) is 16.2 Å². The lowest BCUT2D eigenvalue weighted by Crippen LogP contribution is -1.99. The van der Waals surface area contributed by atoms with Gasteiger partial charge in [0.15, 0.2) is 11.6 Å². The monoisotopic (exact) mass is 428 g/mol. The Balaban J connectivity index is 1.69. The fraction of sp³-hybridized carbons (Fsp3) is 0. The highest BCUT2D eigenvalue weighted by atomic mass is 79.9. The second kappa shape index (κ2) is 8.59. The van der Waals surface area contributed by atoms with Crippen LogP contribution in [0.15, 0.2) is 101 Å². The number of hydrogen-bond acceptors (Lipinski definition) is 4. The van der Waals surface area contributed by atoms with E-state index in [2.05, 4.69) is 31.4 Å². The average Bonchev–Trinajstić information content (AvgIpc) is 2.75. The molecule has 4 rings (SSSR count). The zero-order chi connectivity index (χ0) is 19.2. The van der Waals surface area contributed by atoms with Gasteiger partial charge in [0, 0.05) is 21.7 Å². The van der Waals surface area contributed by atoms with Crippen molar-refractivity contribution in [3.05, 3.63) is 101 Å². The highest BCUT2D eigenvalue weighted by molar-refractivity contribution is 9.10. The van der Waals surface area contributed by atoms with Gasteiger partial charge < -0.3 is 0 Å². The largest absolute Gasteiger partial charge is 0.261 e. The van der Waals surface area contributed by atoms with Gasteiger partial charge in [-0.2, -0.15) is 5.10 Å². The van der Waals surface area contributed by atoms with Crippen LogP contribution in [0.2, 0.25) is 0 Å². The number of nitrogens with one attached hydrogen (secondary N) is 1. The fourth-order valence-electron chi connectivity index (χ4n) is 2.70. The van der Waals surface area contributed by atoms with Gasteiger partial charge in [-0.25, -0.2) is 9.97 Å². The third-order valence-electron chi connectivity index (χ3n) is 4.09. The van der Waals surface area contributed by atoms with Crippen molar-refractivity contribution in [1.82, 2.24) is 9.97 Å². The van der Waals surface area contributed by atoms with Crippen LogP contribution in [0.3, 0.4) is 0 Å². The van der Waals surface area contributed by atoms with Gasteiger partial charge in [-0.1, -0.05) is 88.7 Å². The van der Waals surface area contributed by atoms with Crippen LogP contribution in [0.5, 0.6) is 0 Å². The van der Waals surface area contributed by atoms with Crippen molar-refractivity contribution in [2.75, 3.05) is 5.43 Å². The van der Waals surface area contributed by atoms with Gasteiger partial charge in [-0.3, -0.25) is 5.43 Å². The van der Waals surface area contributed by atoms with Crippen LogP contribution in [0.4, 0.5) is 5.82 Å². The van der Waals surface area contributed by atoms with Crippen LogP contribution < -0.4 is 5.43 Å². The zero-order valence-corrected chi connectivity index (χ0v) is 16.5. The number of rotatable bonds is 5. The lowest BCUT2D eigenvalue weighted by atomic mass is 10.1. The quantitative estimate of drug-likeness (QED) is 0.312. The molecule has 0 atom stereocenters. The number of benzene rings is 3. The maximum absolute atomic E-state index is 4.75. The second-order valence-electron chi connectivity index (χ2n) is 6.12. The minimum absolute atomic E-state index is 0.638. The molecule has 0 spiro atoms. The van der Waals surface area contributed by atoms with Crippen molar-refractivity contribution in [2.24, 2.45) is 5.10 Å². The number of anilines is 1. The molecule has 0 fully saturated rings. The standard InChI is InChI=1S/C23H17BrN4/c24-20-13-11-19(12-14-20)23-26-21(18-9-5-2-6-10-18)15-22(27-23)28-25-16-17-7-3-1-4-8-17/h1-16H,(H,26,27,28).